The monoisotopic (exact) mass is 540 g/mol. The molecule has 0 unspecified atom stereocenters. The van der Waals surface area contributed by atoms with E-state index in [1.807, 2.05) is 11.3 Å². The van der Waals surface area contributed by atoms with E-state index in [-0.39, 0.29) is 0 Å². The van der Waals surface area contributed by atoms with E-state index in [4.69, 9.17) is 0 Å². The lowest BCUT2D eigenvalue weighted by atomic mass is 10.0. The normalized spacial score (nSPS) is 12.3. The first-order valence-corrected chi connectivity index (χ1v) is 14.8. The second-order valence-corrected chi connectivity index (χ2v) is 11.6. The summed E-state index contributed by atoms with van der Waals surface area (Å²) in [6, 6.07) is 53.0. The summed E-state index contributed by atoms with van der Waals surface area (Å²) in [5.74, 6) is 0. The van der Waals surface area contributed by atoms with E-state index < -0.39 is 0 Å². The number of para-hydroxylation sites is 4. The molecule has 2 nitrogen and oxygen atoms in total. The molecule has 1 aliphatic rings. The Kier molecular flexibility index (Phi) is 4.80. The van der Waals surface area contributed by atoms with Crippen LogP contribution >= 0.6 is 11.3 Å². The first kappa shape index (κ1) is 22.7. The van der Waals surface area contributed by atoms with E-state index in [2.05, 4.69) is 155 Å². The number of benzene rings is 6. The maximum atomic E-state index is 2.43. The summed E-state index contributed by atoms with van der Waals surface area (Å²) in [5.41, 5.74) is 10.8. The van der Waals surface area contributed by atoms with Crippen molar-refractivity contribution in [3.05, 3.63) is 146 Å². The third-order valence-corrected chi connectivity index (χ3v) is 9.53. The van der Waals surface area contributed by atoms with Crippen LogP contribution in [-0.2, 0) is 0 Å². The van der Waals surface area contributed by atoms with Gasteiger partial charge in [0, 0.05) is 36.8 Å². The summed E-state index contributed by atoms with van der Waals surface area (Å²) in [4.78, 5) is 2.43. The van der Waals surface area contributed by atoms with Gasteiger partial charge in [0.05, 0.1) is 28.3 Å². The third kappa shape index (κ3) is 3.30. The molecule has 0 amide bonds. The van der Waals surface area contributed by atoms with Crippen LogP contribution < -0.4 is 4.90 Å². The zero-order valence-electron chi connectivity index (χ0n) is 22.2. The van der Waals surface area contributed by atoms with Crippen LogP contribution in [0, 0.1) is 0 Å². The van der Waals surface area contributed by atoms with Crippen LogP contribution in [0.2, 0.25) is 0 Å². The van der Waals surface area contributed by atoms with E-state index >= 15 is 0 Å². The smallest absolute Gasteiger partial charge is 0.0702 e. The SMILES string of the molecule is c1cc(-c2cccc3c2sc2ccccc23)cc(N2c3ccccc3-c3cc4ccccc4n3-c3ccccc32)c1. The molecule has 0 bridgehead atoms. The molecule has 9 rings (SSSR count). The van der Waals surface area contributed by atoms with Gasteiger partial charge >= 0.3 is 0 Å². The van der Waals surface area contributed by atoms with E-state index in [0.717, 1.165) is 11.4 Å². The summed E-state index contributed by atoms with van der Waals surface area (Å²) in [6.45, 7) is 0. The fourth-order valence-electron chi connectivity index (χ4n) is 6.54. The molecular formula is C38H24N2S. The number of thiophene rings is 1. The van der Waals surface area contributed by atoms with Gasteiger partial charge in [-0.05, 0) is 59.7 Å². The molecule has 41 heavy (non-hydrogen) atoms. The molecule has 8 aromatic rings. The highest BCUT2D eigenvalue weighted by atomic mass is 32.1. The van der Waals surface area contributed by atoms with Crippen molar-refractivity contribution in [3.63, 3.8) is 0 Å². The Hall–Kier alpha value is -5.12. The second-order valence-electron chi connectivity index (χ2n) is 10.6. The van der Waals surface area contributed by atoms with Gasteiger partial charge in [0.25, 0.3) is 0 Å². The Morgan fingerprint density at radius 2 is 1.20 bits per heavy atom. The Balaban J connectivity index is 1.30. The van der Waals surface area contributed by atoms with E-state index in [1.54, 1.807) is 0 Å². The zero-order chi connectivity index (χ0) is 26.9. The van der Waals surface area contributed by atoms with E-state index in [9.17, 15) is 0 Å². The average Bonchev–Trinajstić information content (AvgIpc) is 3.57. The summed E-state index contributed by atoms with van der Waals surface area (Å²) >= 11 is 1.88. The second kappa shape index (κ2) is 8.69. The zero-order valence-corrected chi connectivity index (χ0v) is 23.0. The first-order chi connectivity index (χ1) is 20.3. The molecule has 2 aromatic heterocycles. The molecule has 3 heterocycles. The predicted molar refractivity (Wildman–Crippen MR) is 175 cm³/mol. The van der Waals surface area contributed by atoms with Crippen molar-refractivity contribution in [1.82, 2.24) is 4.57 Å². The summed E-state index contributed by atoms with van der Waals surface area (Å²) < 4.78 is 5.09. The van der Waals surface area contributed by atoms with Crippen LogP contribution in [0.1, 0.15) is 0 Å². The van der Waals surface area contributed by atoms with Crippen LogP contribution in [0.15, 0.2) is 146 Å². The molecule has 0 fully saturated rings. The highest BCUT2D eigenvalue weighted by Gasteiger charge is 2.27. The minimum absolute atomic E-state index is 1.15. The largest absolute Gasteiger partial charge is 0.308 e. The lowest BCUT2D eigenvalue weighted by molar-refractivity contribution is 1.14. The minimum Gasteiger partial charge on any atom is -0.308 e. The number of nitrogens with zero attached hydrogens (tertiary/aromatic N) is 2. The molecule has 0 atom stereocenters. The third-order valence-electron chi connectivity index (χ3n) is 8.31. The molecule has 0 aliphatic carbocycles. The predicted octanol–water partition coefficient (Wildman–Crippen LogP) is 11.1. The maximum absolute atomic E-state index is 2.43. The minimum atomic E-state index is 1.15. The highest BCUT2D eigenvalue weighted by Crippen LogP contribution is 2.49. The van der Waals surface area contributed by atoms with Crippen LogP contribution in [0.5, 0.6) is 0 Å². The number of hydrogen-bond donors (Lipinski definition) is 0. The lowest BCUT2D eigenvalue weighted by Crippen LogP contribution is -2.11. The molecule has 6 aromatic carbocycles. The molecular weight excluding hydrogens is 516 g/mol. The van der Waals surface area contributed by atoms with Gasteiger partial charge in [-0.1, -0.05) is 97.1 Å². The number of fused-ring (bicyclic) bond motifs is 10. The van der Waals surface area contributed by atoms with Crippen molar-refractivity contribution < 1.29 is 0 Å². The number of hydrogen-bond acceptors (Lipinski definition) is 2. The maximum Gasteiger partial charge on any atom is 0.0702 e. The average molecular weight is 541 g/mol. The molecule has 3 heteroatoms. The molecule has 0 radical (unpaired) electrons. The summed E-state index contributed by atoms with van der Waals surface area (Å²) in [5, 5.41) is 3.90. The molecule has 192 valence electrons. The van der Waals surface area contributed by atoms with Crippen molar-refractivity contribution in [1.29, 1.82) is 0 Å². The van der Waals surface area contributed by atoms with Gasteiger partial charge in [-0.25, -0.2) is 0 Å². The highest BCUT2D eigenvalue weighted by molar-refractivity contribution is 7.26. The van der Waals surface area contributed by atoms with Gasteiger partial charge in [0.15, 0.2) is 0 Å². The number of rotatable bonds is 2. The van der Waals surface area contributed by atoms with Crippen LogP contribution in [0.4, 0.5) is 17.1 Å². The molecule has 0 saturated heterocycles. The first-order valence-electron chi connectivity index (χ1n) is 14.0. The number of aromatic nitrogens is 1. The standard InChI is InChI=1S/C38H24N2S/c1-4-18-32-26(11-1)24-36-31-15-2-5-19-33(31)39(34-20-6-7-21-35(34)40(32)36)27-13-9-12-25(23-27)28-16-10-17-30-29-14-3-8-22-37(29)41-38(28)30/h1-24H. The van der Waals surface area contributed by atoms with Gasteiger partial charge < -0.3 is 9.47 Å². The van der Waals surface area contributed by atoms with Gasteiger partial charge in [-0.15, -0.1) is 11.3 Å². The van der Waals surface area contributed by atoms with Gasteiger partial charge in [0.1, 0.15) is 0 Å². The van der Waals surface area contributed by atoms with Crippen molar-refractivity contribution in [2.24, 2.45) is 0 Å². The Labute approximate surface area is 242 Å². The van der Waals surface area contributed by atoms with Gasteiger partial charge in [0.2, 0.25) is 0 Å². The van der Waals surface area contributed by atoms with Gasteiger partial charge in [-0.2, -0.15) is 0 Å². The fourth-order valence-corrected chi connectivity index (χ4v) is 7.77. The topological polar surface area (TPSA) is 8.17 Å². The van der Waals surface area contributed by atoms with Crippen molar-refractivity contribution in [3.8, 4) is 28.1 Å². The Bertz CT molecular complexity index is 2290. The Morgan fingerprint density at radius 3 is 2.15 bits per heavy atom. The van der Waals surface area contributed by atoms with Crippen molar-refractivity contribution in [2.75, 3.05) is 4.90 Å². The molecule has 0 spiro atoms. The summed E-state index contributed by atoms with van der Waals surface area (Å²) in [6.07, 6.45) is 0. The van der Waals surface area contributed by atoms with Crippen LogP contribution in [-0.4, -0.2) is 4.57 Å². The molecule has 0 saturated carbocycles. The van der Waals surface area contributed by atoms with Crippen molar-refractivity contribution >= 4 is 59.5 Å². The Morgan fingerprint density at radius 1 is 0.488 bits per heavy atom. The molecule has 0 N–H and O–H groups in total. The fraction of sp³-hybridized carbons (Fsp3) is 0. The number of anilines is 3. The lowest BCUT2D eigenvalue weighted by Gasteiger charge is -2.27. The summed E-state index contributed by atoms with van der Waals surface area (Å²) in [7, 11) is 0. The van der Waals surface area contributed by atoms with Gasteiger partial charge in [-0.3, -0.25) is 0 Å². The van der Waals surface area contributed by atoms with Crippen molar-refractivity contribution in [2.45, 2.75) is 0 Å². The van der Waals surface area contributed by atoms with Crippen LogP contribution in [0.3, 0.4) is 0 Å². The quantitative estimate of drug-likeness (QED) is 0.212. The molecule has 1 aliphatic heterocycles. The van der Waals surface area contributed by atoms with Crippen LogP contribution in [0.25, 0.3) is 59.1 Å². The van der Waals surface area contributed by atoms with E-state index in [0.29, 0.717) is 0 Å². The van der Waals surface area contributed by atoms with E-state index in [1.165, 1.54) is 64.8 Å².